The second kappa shape index (κ2) is 19.4. The summed E-state index contributed by atoms with van der Waals surface area (Å²) in [5.74, 6) is -3.78. The summed E-state index contributed by atoms with van der Waals surface area (Å²) in [6.07, 6.45) is 1.52. The average Bonchev–Trinajstić information content (AvgIpc) is 3.33. The summed E-state index contributed by atoms with van der Waals surface area (Å²) in [6.45, 7) is 1.50. The van der Waals surface area contributed by atoms with Gasteiger partial charge in [-0.05, 0) is 43.0 Å². The molecular weight excluding hydrogens is 636 g/mol. The number of aryl methyl sites for hydroxylation is 1. The van der Waals surface area contributed by atoms with Gasteiger partial charge in [0.25, 0.3) is 0 Å². The summed E-state index contributed by atoms with van der Waals surface area (Å²) in [4.78, 5) is 98.5. The van der Waals surface area contributed by atoms with E-state index in [-0.39, 0.29) is 68.6 Å². The van der Waals surface area contributed by atoms with E-state index in [1.54, 1.807) is 61.5 Å². The molecule has 0 spiro atoms. The van der Waals surface area contributed by atoms with Crippen molar-refractivity contribution in [1.82, 2.24) is 26.6 Å². The summed E-state index contributed by atoms with van der Waals surface area (Å²) in [5.41, 5.74) is 2.19. The molecule has 1 fully saturated rings. The Balaban J connectivity index is 1.36. The SMILES string of the molecule is CC(=O)COCNC(=O)CNC(=O)[C@H](Cc1ccccc1)NC(=O)CNC(=O)CNC(=O)CCCc1ccc(N2C(=O)CC(C)C2=O)cc1. The minimum Gasteiger partial charge on any atom is -0.354 e. The normalized spacial score (nSPS) is 14.5. The van der Waals surface area contributed by atoms with Crippen LogP contribution in [-0.2, 0) is 55.9 Å². The minimum atomic E-state index is -1.06. The van der Waals surface area contributed by atoms with Crippen molar-refractivity contribution in [3.63, 3.8) is 0 Å². The second-order valence-electron chi connectivity index (χ2n) is 11.6. The van der Waals surface area contributed by atoms with E-state index >= 15 is 0 Å². The van der Waals surface area contributed by atoms with E-state index in [2.05, 4.69) is 26.6 Å². The first kappa shape index (κ1) is 38.0. The molecule has 2 atom stereocenters. The molecule has 1 aliphatic heterocycles. The Morgan fingerprint density at radius 2 is 1.43 bits per heavy atom. The number of hydrogen-bond donors (Lipinski definition) is 5. The predicted octanol–water partition coefficient (Wildman–Crippen LogP) is -0.336. The number of ketones is 1. The maximum atomic E-state index is 12.9. The summed E-state index contributed by atoms with van der Waals surface area (Å²) in [7, 11) is 0. The van der Waals surface area contributed by atoms with Crippen molar-refractivity contribution < 1.29 is 43.1 Å². The molecule has 0 aromatic heterocycles. The largest absolute Gasteiger partial charge is 0.354 e. The lowest BCUT2D eigenvalue weighted by Gasteiger charge is -2.19. The number of imide groups is 1. The first-order chi connectivity index (χ1) is 23.4. The van der Waals surface area contributed by atoms with Crippen molar-refractivity contribution >= 4 is 52.8 Å². The third-order valence-corrected chi connectivity index (χ3v) is 7.36. The standard InChI is InChI=1S/C34H42N6O9/c1-22-15-32(46)40(34(22)48)26-13-11-24(12-14-26)9-6-10-28(42)35-17-29(43)36-19-31(45)39-27(16-25-7-4-3-5-8-25)33(47)37-18-30(44)38-21-49-20-23(2)41/h3-5,7-8,11-14,22,27H,6,9-10,15-21H2,1-2H3,(H,35,42)(H,36,43)(H,37,47)(H,38,44)(H,39,45)/t22?,27-/m0/s1. The summed E-state index contributed by atoms with van der Waals surface area (Å²) in [6, 6.07) is 14.8. The van der Waals surface area contributed by atoms with Gasteiger partial charge in [0.05, 0.1) is 25.3 Å². The maximum Gasteiger partial charge on any atom is 0.243 e. The van der Waals surface area contributed by atoms with Crippen molar-refractivity contribution in [3.05, 3.63) is 65.7 Å². The molecule has 0 radical (unpaired) electrons. The van der Waals surface area contributed by atoms with E-state index in [1.807, 2.05) is 0 Å². The molecular formula is C34H42N6O9. The molecule has 2 aromatic rings. The highest BCUT2D eigenvalue weighted by Gasteiger charge is 2.36. The molecule has 1 heterocycles. The van der Waals surface area contributed by atoms with Crippen LogP contribution in [0.15, 0.2) is 54.6 Å². The molecule has 49 heavy (non-hydrogen) atoms. The fourth-order valence-corrected chi connectivity index (χ4v) is 4.81. The fraction of sp³-hybridized carbons (Fsp3) is 0.412. The summed E-state index contributed by atoms with van der Waals surface area (Å²) < 4.78 is 4.96. The predicted molar refractivity (Wildman–Crippen MR) is 176 cm³/mol. The van der Waals surface area contributed by atoms with E-state index in [0.29, 0.717) is 18.5 Å². The van der Waals surface area contributed by atoms with Gasteiger partial charge in [0.1, 0.15) is 19.4 Å². The number of hydrogen-bond acceptors (Lipinski definition) is 9. The van der Waals surface area contributed by atoms with Crippen LogP contribution >= 0.6 is 0 Å². The first-order valence-corrected chi connectivity index (χ1v) is 15.9. The molecule has 0 saturated carbocycles. The monoisotopic (exact) mass is 678 g/mol. The van der Waals surface area contributed by atoms with Crippen LogP contribution in [0.1, 0.15) is 44.2 Å². The highest BCUT2D eigenvalue weighted by molar-refractivity contribution is 6.20. The van der Waals surface area contributed by atoms with Crippen LogP contribution in [-0.4, -0.2) is 86.1 Å². The minimum absolute atomic E-state index is 0.118. The molecule has 1 unspecified atom stereocenters. The Kier molecular flexibility index (Phi) is 15.0. The van der Waals surface area contributed by atoms with Gasteiger partial charge in [0.2, 0.25) is 41.4 Å². The molecule has 15 heteroatoms. The van der Waals surface area contributed by atoms with Gasteiger partial charge in [-0.15, -0.1) is 0 Å². The van der Waals surface area contributed by atoms with E-state index < -0.39 is 42.8 Å². The number of benzene rings is 2. The van der Waals surface area contributed by atoms with E-state index in [0.717, 1.165) is 11.1 Å². The smallest absolute Gasteiger partial charge is 0.243 e. The molecule has 0 aliphatic carbocycles. The van der Waals surface area contributed by atoms with E-state index in [1.165, 1.54) is 11.8 Å². The summed E-state index contributed by atoms with van der Waals surface area (Å²) >= 11 is 0. The van der Waals surface area contributed by atoms with Gasteiger partial charge in [-0.1, -0.05) is 49.4 Å². The van der Waals surface area contributed by atoms with Crippen molar-refractivity contribution in [2.24, 2.45) is 5.92 Å². The number of nitrogens with one attached hydrogen (secondary N) is 5. The van der Waals surface area contributed by atoms with Crippen molar-refractivity contribution in [1.29, 1.82) is 0 Å². The third kappa shape index (κ3) is 13.3. The molecule has 7 amide bonds. The fourth-order valence-electron chi connectivity index (χ4n) is 4.81. The lowest BCUT2D eigenvalue weighted by Crippen LogP contribution is -2.52. The van der Waals surface area contributed by atoms with Gasteiger partial charge < -0.3 is 31.3 Å². The Bertz CT molecular complexity index is 1510. The highest BCUT2D eigenvalue weighted by Crippen LogP contribution is 2.26. The Morgan fingerprint density at radius 1 is 0.796 bits per heavy atom. The molecule has 0 bridgehead atoms. The number of Topliss-reactive ketones (excluding diaryl/α,β-unsaturated/α-hetero) is 1. The van der Waals surface area contributed by atoms with E-state index in [4.69, 9.17) is 4.74 Å². The lowest BCUT2D eigenvalue weighted by atomic mass is 10.1. The first-order valence-electron chi connectivity index (χ1n) is 15.9. The third-order valence-electron chi connectivity index (χ3n) is 7.36. The average molecular weight is 679 g/mol. The number of ether oxygens (including phenoxy) is 1. The highest BCUT2D eigenvalue weighted by atomic mass is 16.5. The lowest BCUT2D eigenvalue weighted by molar-refractivity contribution is -0.131. The Labute approximate surface area is 283 Å². The zero-order valence-electron chi connectivity index (χ0n) is 27.5. The van der Waals surface area contributed by atoms with Crippen molar-refractivity contribution in [3.8, 4) is 0 Å². The van der Waals surface area contributed by atoms with Gasteiger partial charge in [-0.2, -0.15) is 0 Å². The number of rotatable bonds is 19. The summed E-state index contributed by atoms with van der Waals surface area (Å²) in [5, 5.41) is 12.3. The van der Waals surface area contributed by atoms with Crippen molar-refractivity contribution in [2.45, 2.75) is 52.0 Å². The van der Waals surface area contributed by atoms with Crippen LogP contribution in [0, 0.1) is 5.92 Å². The Hall–Kier alpha value is -5.44. The zero-order chi connectivity index (χ0) is 35.8. The van der Waals surface area contributed by atoms with Crippen LogP contribution in [0.2, 0.25) is 0 Å². The van der Waals surface area contributed by atoms with Crippen LogP contribution in [0.25, 0.3) is 0 Å². The quantitative estimate of drug-likeness (QED) is 0.0747. The Morgan fingerprint density at radius 3 is 2.08 bits per heavy atom. The molecule has 5 N–H and O–H groups in total. The van der Waals surface area contributed by atoms with Crippen LogP contribution < -0.4 is 31.5 Å². The number of amides is 7. The molecule has 1 saturated heterocycles. The molecule has 1 aliphatic rings. The van der Waals surface area contributed by atoms with Crippen LogP contribution in [0.3, 0.4) is 0 Å². The van der Waals surface area contributed by atoms with Gasteiger partial charge in [0, 0.05) is 25.2 Å². The number of carbonyl (C=O) groups excluding carboxylic acids is 8. The molecule has 2 aromatic carbocycles. The molecule has 3 rings (SSSR count). The van der Waals surface area contributed by atoms with Gasteiger partial charge >= 0.3 is 0 Å². The zero-order valence-corrected chi connectivity index (χ0v) is 27.5. The van der Waals surface area contributed by atoms with Crippen molar-refractivity contribution in [2.75, 3.05) is 37.9 Å². The number of nitrogens with zero attached hydrogens (tertiary/aromatic N) is 1. The maximum absolute atomic E-state index is 12.9. The van der Waals surface area contributed by atoms with Crippen LogP contribution in [0.4, 0.5) is 5.69 Å². The van der Waals surface area contributed by atoms with Gasteiger partial charge in [0.15, 0.2) is 5.78 Å². The number of anilines is 1. The van der Waals surface area contributed by atoms with Crippen LogP contribution in [0.5, 0.6) is 0 Å². The topological polar surface area (TPSA) is 209 Å². The second-order valence-corrected chi connectivity index (χ2v) is 11.6. The molecule has 262 valence electrons. The van der Waals surface area contributed by atoms with Gasteiger partial charge in [-0.3, -0.25) is 43.3 Å². The molecule has 15 nitrogen and oxygen atoms in total. The number of carbonyl (C=O) groups is 8. The van der Waals surface area contributed by atoms with E-state index in [9.17, 15) is 38.4 Å². The van der Waals surface area contributed by atoms with Gasteiger partial charge in [-0.25, -0.2) is 0 Å².